The minimum absolute atomic E-state index is 0.0212. The van der Waals surface area contributed by atoms with E-state index in [0.29, 0.717) is 23.7 Å². The van der Waals surface area contributed by atoms with E-state index >= 15 is 0 Å². The number of nitro groups is 1. The Labute approximate surface area is 96.8 Å². The zero-order chi connectivity index (χ0) is 12.4. The van der Waals surface area contributed by atoms with Crippen LogP contribution in [-0.4, -0.2) is 22.5 Å². The first kappa shape index (κ1) is 11.3. The summed E-state index contributed by atoms with van der Waals surface area (Å²) in [5.41, 5.74) is 6.39. The van der Waals surface area contributed by atoms with Crippen molar-refractivity contribution >= 4 is 22.8 Å². The number of fused-ring (bicyclic) bond motifs is 1. The van der Waals surface area contributed by atoms with Gasteiger partial charge in [-0.15, -0.1) is 0 Å². The van der Waals surface area contributed by atoms with Crippen LogP contribution in [0.3, 0.4) is 0 Å². The van der Waals surface area contributed by atoms with Crippen LogP contribution in [0, 0.1) is 10.1 Å². The van der Waals surface area contributed by atoms with Gasteiger partial charge in [0.1, 0.15) is 5.52 Å². The van der Waals surface area contributed by atoms with Gasteiger partial charge in [-0.3, -0.25) is 10.1 Å². The average molecular weight is 236 g/mol. The molecule has 0 aliphatic carbocycles. The van der Waals surface area contributed by atoms with E-state index in [2.05, 4.69) is 10.3 Å². The Bertz CT molecular complexity index is 551. The molecular formula is C10H12N4O3. The Morgan fingerprint density at radius 1 is 1.65 bits per heavy atom. The van der Waals surface area contributed by atoms with Gasteiger partial charge in [0.05, 0.1) is 11.0 Å². The molecular weight excluding hydrogens is 224 g/mol. The fourth-order valence-electron chi connectivity index (χ4n) is 1.36. The number of nitrogens with two attached hydrogens (primary N) is 1. The molecule has 0 spiro atoms. The van der Waals surface area contributed by atoms with Crippen molar-refractivity contribution in [1.29, 1.82) is 0 Å². The number of rotatable bonds is 4. The summed E-state index contributed by atoms with van der Waals surface area (Å²) in [6, 6.07) is 4.63. The van der Waals surface area contributed by atoms with Crippen molar-refractivity contribution in [3.05, 3.63) is 28.3 Å². The molecule has 0 saturated heterocycles. The van der Waals surface area contributed by atoms with Gasteiger partial charge in [-0.25, -0.2) is 0 Å². The molecule has 1 heterocycles. The van der Waals surface area contributed by atoms with Crippen LogP contribution in [0.5, 0.6) is 0 Å². The highest BCUT2D eigenvalue weighted by molar-refractivity contribution is 5.77. The lowest BCUT2D eigenvalue weighted by Gasteiger charge is -2.07. The monoisotopic (exact) mass is 236 g/mol. The lowest BCUT2D eigenvalue weighted by molar-refractivity contribution is -0.384. The highest BCUT2D eigenvalue weighted by Gasteiger charge is 2.12. The van der Waals surface area contributed by atoms with E-state index in [4.69, 9.17) is 10.2 Å². The fourth-order valence-corrected chi connectivity index (χ4v) is 1.36. The first-order chi connectivity index (χ1) is 8.10. The van der Waals surface area contributed by atoms with Crippen molar-refractivity contribution in [3.63, 3.8) is 0 Å². The molecule has 1 aromatic heterocycles. The maximum atomic E-state index is 10.6. The molecule has 3 N–H and O–H groups in total. The van der Waals surface area contributed by atoms with E-state index in [0.717, 1.165) is 0 Å². The van der Waals surface area contributed by atoms with Crippen LogP contribution in [0.1, 0.15) is 6.92 Å². The van der Waals surface area contributed by atoms with Crippen LogP contribution in [0.4, 0.5) is 11.7 Å². The number of nitrogens with zero attached hydrogens (tertiary/aromatic N) is 2. The first-order valence-corrected chi connectivity index (χ1v) is 5.11. The number of benzene rings is 1. The van der Waals surface area contributed by atoms with Crippen molar-refractivity contribution < 1.29 is 9.34 Å². The summed E-state index contributed by atoms with van der Waals surface area (Å²) >= 11 is 0. The van der Waals surface area contributed by atoms with Gasteiger partial charge in [-0.2, -0.15) is 4.98 Å². The number of non-ortho nitro benzene ring substituents is 1. The number of nitrogens with one attached hydrogen (secondary N) is 1. The topological polar surface area (TPSA) is 107 Å². The van der Waals surface area contributed by atoms with Gasteiger partial charge in [0, 0.05) is 18.7 Å². The van der Waals surface area contributed by atoms with Gasteiger partial charge in [-0.05, 0) is 13.0 Å². The zero-order valence-corrected chi connectivity index (χ0v) is 9.21. The second-order valence-electron chi connectivity index (χ2n) is 3.71. The predicted octanol–water partition coefficient (Wildman–Crippen LogP) is 1.50. The Hall–Kier alpha value is -2.15. The third kappa shape index (κ3) is 2.34. The van der Waals surface area contributed by atoms with Gasteiger partial charge in [0.25, 0.3) is 11.7 Å². The molecule has 7 nitrogen and oxygen atoms in total. The minimum Gasteiger partial charge on any atom is -0.423 e. The van der Waals surface area contributed by atoms with Crippen LogP contribution in [0.2, 0.25) is 0 Å². The van der Waals surface area contributed by atoms with E-state index in [9.17, 15) is 10.1 Å². The molecule has 90 valence electrons. The molecule has 0 amide bonds. The van der Waals surface area contributed by atoms with Crippen LogP contribution < -0.4 is 11.1 Å². The minimum atomic E-state index is -0.475. The quantitative estimate of drug-likeness (QED) is 0.615. The summed E-state index contributed by atoms with van der Waals surface area (Å²) in [5.74, 6) is 0. The summed E-state index contributed by atoms with van der Waals surface area (Å²) in [4.78, 5) is 14.3. The van der Waals surface area contributed by atoms with Crippen molar-refractivity contribution in [2.24, 2.45) is 5.73 Å². The molecule has 2 aromatic rings. The summed E-state index contributed by atoms with van der Waals surface area (Å²) in [5, 5.41) is 13.5. The molecule has 0 saturated carbocycles. The Kier molecular flexibility index (Phi) is 2.92. The van der Waals surface area contributed by atoms with Crippen LogP contribution in [-0.2, 0) is 0 Å². The summed E-state index contributed by atoms with van der Waals surface area (Å²) < 4.78 is 5.35. The van der Waals surface area contributed by atoms with Gasteiger partial charge >= 0.3 is 0 Å². The molecule has 0 bridgehead atoms. The molecule has 2 rings (SSSR count). The zero-order valence-electron chi connectivity index (χ0n) is 9.21. The number of oxazole rings is 1. The average Bonchev–Trinajstić information content (AvgIpc) is 2.69. The van der Waals surface area contributed by atoms with E-state index in [-0.39, 0.29) is 11.7 Å². The van der Waals surface area contributed by atoms with Crippen molar-refractivity contribution in [3.8, 4) is 0 Å². The Balaban J connectivity index is 2.33. The first-order valence-electron chi connectivity index (χ1n) is 5.11. The van der Waals surface area contributed by atoms with E-state index in [1.807, 2.05) is 6.92 Å². The molecule has 0 fully saturated rings. The van der Waals surface area contributed by atoms with E-state index < -0.39 is 4.92 Å². The van der Waals surface area contributed by atoms with Gasteiger partial charge in [0.2, 0.25) is 0 Å². The van der Waals surface area contributed by atoms with Gasteiger partial charge in [-0.1, -0.05) is 0 Å². The Morgan fingerprint density at radius 2 is 2.41 bits per heavy atom. The highest BCUT2D eigenvalue weighted by Crippen LogP contribution is 2.23. The highest BCUT2D eigenvalue weighted by atomic mass is 16.6. The number of nitro benzene ring substituents is 1. The second-order valence-corrected chi connectivity index (χ2v) is 3.71. The third-order valence-electron chi connectivity index (χ3n) is 2.31. The number of hydrogen-bond donors (Lipinski definition) is 2. The predicted molar refractivity (Wildman–Crippen MR) is 62.8 cm³/mol. The lowest BCUT2D eigenvalue weighted by Crippen LogP contribution is -2.25. The van der Waals surface area contributed by atoms with Gasteiger partial charge in [0.15, 0.2) is 5.58 Å². The SMILES string of the molecule is CC(CN)Nc1nc2ccc([N+](=O)[O-])cc2o1. The molecule has 1 unspecified atom stereocenters. The van der Waals surface area contributed by atoms with Gasteiger partial charge < -0.3 is 15.5 Å². The molecule has 7 heteroatoms. The van der Waals surface area contributed by atoms with Crippen LogP contribution in [0.25, 0.3) is 11.1 Å². The third-order valence-corrected chi connectivity index (χ3v) is 2.31. The summed E-state index contributed by atoms with van der Waals surface area (Å²) in [7, 11) is 0. The normalized spacial score (nSPS) is 12.6. The van der Waals surface area contributed by atoms with E-state index in [1.54, 1.807) is 6.07 Å². The molecule has 0 aliphatic rings. The number of aromatic nitrogens is 1. The second kappa shape index (κ2) is 4.38. The van der Waals surface area contributed by atoms with Crippen molar-refractivity contribution in [2.45, 2.75) is 13.0 Å². The molecule has 1 atom stereocenters. The fraction of sp³-hybridized carbons (Fsp3) is 0.300. The molecule has 0 aliphatic heterocycles. The molecule has 17 heavy (non-hydrogen) atoms. The lowest BCUT2D eigenvalue weighted by atomic mass is 10.3. The maximum absolute atomic E-state index is 10.6. The molecule has 0 radical (unpaired) electrons. The number of hydrogen-bond acceptors (Lipinski definition) is 6. The standard InChI is InChI=1S/C10H12N4O3/c1-6(5-11)12-10-13-8-3-2-7(14(15)16)4-9(8)17-10/h2-4,6H,5,11H2,1H3,(H,12,13). The smallest absolute Gasteiger partial charge is 0.295 e. The Morgan fingerprint density at radius 3 is 3.06 bits per heavy atom. The summed E-state index contributed by atoms with van der Waals surface area (Å²) in [6.45, 7) is 2.33. The number of anilines is 1. The van der Waals surface area contributed by atoms with Crippen molar-refractivity contribution in [1.82, 2.24) is 4.98 Å². The summed E-state index contributed by atoms with van der Waals surface area (Å²) in [6.07, 6.45) is 0. The maximum Gasteiger partial charge on any atom is 0.295 e. The van der Waals surface area contributed by atoms with Crippen molar-refractivity contribution in [2.75, 3.05) is 11.9 Å². The molecule has 1 aromatic carbocycles. The van der Waals surface area contributed by atoms with E-state index in [1.165, 1.54) is 12.1 Å². The largest absolute Gasteiger partial charge is 0.423 e. The van der Waals surface area contributed by atoms with Crippen LogP contribution >= 0.6 is 0 Å². The van der Waals surface area contributed by atoms with Crippen LogP contribution in [0.15, 0.2) is 22.6 Å².